The Bertz CT molecular complexity index is 740. The summed E-state index contributed by atoms with van der Waals surface area (Å²) in [5, 5.41) is 4.41. The van der Waals surface area contributed by atoms with Crippen molar-refractivity contribution in [3.05, 3.63) is 35.9 Å². The molecule has 0 N–H and O–H groups in total. The minimum Gasteiger partial charge on any atom is -0.308 e. The first-order valence-electron chi connectivity index (χ1n) is 8.42. The first kappa shape index (κ1) is 21.6. The van der Waals surface area contributed by atoms with E-state index >= 15 is 0 Å². The molecule has 27 heavy (non-hydrogen) atoms. The van der Waals surface area contributed by atoms with Gasteiger partial charge in [-0.1, -0.05) is 11.6 Å². The van der Waals surface area contributed by atoms with Gasteiger partial charge >= 0.3 is 6.18 Å². The van der Waals surface area contributed by atoms with E-state index in [0.717, 1.165) is 5.69 Å². The van der Waals surface area contributed by atoms with Gasteiger partial charge in [-0.15, -0.1) is 0 Å². The van der Waals surface area contributed by atoms with E-state index in [1.165, 1.54) is 16.7 Å². The monoisotopic (exact) mass is 420 g/mol. The average Bonchev–Trinajstić information content (AvgIpc) is 3.00. The lowest BCUT2D eigenvalue weighted by Gasteiger charge is -2.19. The Kier molecular flexibility index (Phi) is 7.97. The summed E-state index contributed by atoms with van der Waals surface area (Å²) < 4.78 is 37.8. The number of aromatic nitrogens is 3. The van der Waals surface area contributed by atoms with E-state index in [2.05, 4.69) is 10.1 Å². The third-order valence-electron chi connectivity index (χ3n) is 3.68. The standard InChI is InChI=1S/C17H20ClF3N4OS/c1-2-24(15(26)6-10-27-9-4-7-17(19,20)21)14-12-25(23-16(14)18)13-5-3-8-22-11-13/h3,5,8,11-12H,2,4,6-7,9-10H2,1H3. The number of halogens is 4. The number of amides is 1. The SMILES string of the molecule is CCN(C(=O)CCSCCCC(F)(F)F)c1cn(-c2cccnc2)nc1Cl. The van der Waals surface area contributed by atoms with Gasteiger partial charge in [-0.25, -0.2) is 4.68 Å². The lowest BCUT2D eigenvalue weighted by molar-refractivity contribution is -0.134. The van der Waals surface area contributed by atoms with Gasteiger partial charge < -0.3 is 4.90 Å². The minimum atomic E-state index is -4.12. The van der Waals surface area contributed by atoms with Crippen LogP contribution in [0.25, 0.3) is 5.69 Å². The third kappa shape index (κ3) is 6.73. The molecule has 0 aliphatic rings. The fraction of sp³-hybridized carbons (Fsp3) is 0.471. The number of hydrogen-bond acceptors (Lipinski definition) is 4. The predicted octanol–water partition coefficient (Wildman–Crippen LogP) is 4.74. The number of alkyl halides is 3. The second kappa shape index (κ2) is 9.98. The van der Waals surface area contributed by atoms with E-state index in [1.54, 1.807) is 29.3 Å². The molecule has 5 nitrogen and oxygen atoms in total. The maximum atomic E-state index is 12.5. The Morgan fingerprint density at radius 2 is 2.15 bits per heavy atom. The van der Waals surface area contributed by atoms with Crippen LogP contribution in [0.5, 0.6) is 0 Å². The summed E-state index contributed by atoms with van der Waals surface area (Å²) >= 11 is 7.54. The molecule has 0 saturated heterocycles. The van der Waals surface area contributed by atoms with Crippen molar-refractivity contribution < 1.29 is 18.0 Å². The Labute approximate surface area is 164 Å². The van der Waals surface area contributed by atoms with Crippen LogP contribution in [0.1, 0.15) is 26.2 Å². The first-order valence-corrected chi connectivity index (χ1v) is 9.95. The summed E-state index contributed by atoms with van der Waals surface area (Å²) in [5.41, 5.74) is 1.21. The van der Waals surface area contributed by atoms with Crippen molar-refractivity contribution in [3.8, 4) is 5.69 Å². The van der Waals surface area contributed by atoms with E-state index in [1.807, 2.05) is 13.0 Å². The Hall–Kier alpha value is -1.74. The minimum absolute atomic E-state index is 0.0591. The van der Waals surface area contributed by atoms with Crippen molar-refractivity contribution in [2.24, 2.45) is 0 Å². The number of pyridine rings is 1. The van der Waals surface area contributed by atoms with Gasteiger partial charge in [-0.05, 0) is 31.2 Å². The largest absolute Gasteiger partial charge is 0.389 e. The number of carbonyl (C=O) groups excluding carboxylic acids is 1. The number of thioether (sulfide) groups is 1. The van der Waals surface area contributed by atoms with Crippen molar-refractivity contribution in [3.63, 3.8) is 0 Å². The summed E-state index contributed by atoms with van der Waals surface area (Å²) in [4.78, 5) is 18.0. The molecule has 1 amide bonds. The second-order valence-electron chi connectivity index (χ2n) is 5.68. The molecule has 0 unspecified atom stereocenters. The van der Waals surface area contributed by atoms with Crippen molar-refractivity contribution in [1.82, 2.24) is 14.8 Å². The van der Waals surface area contributed by atoms with Gasteiger partial charge in [0.1, 0.15) is 5.69 Å². The number of carbonyl (C=O) groups is 1. The molecular weight excluding hydrogens is 401 g/mol. The molecule has 148 valence electrons. The second-order valence-corrected chi connectivity index (χ2v) is 7.26. The number of rotatable bonds is 9. The van der Waals surface area contributed by atoms with Crippen molar-refractivity contribution >= 4 is 35.0 Å². The summed E-state index contributed by atoms with van der Waals surface area (Å²) in [6.45, 7) is 2.24. The lowest BCUT2D eigenvalue weighted by atomic mass is 10.3. The van der Waals surface area contributed by atoms with Crippen molar-refractivity contribution in [2.45, 2.75) is 32.4 Å². The van der Waals surface area contributed by atoms with Crippen LogP contribution in [-0.4, -0.2) is 44.9 Å². The van der Waals surface area contributed by atoms with Crippen molar-refractivity contribution in [2.75, 3.05) is 23.0 Å². The Morgan fingerprint density at radius 3 is 2.78 bits per heavy atom. The summed E-state index contributed by atoms with van der Waals surface area (Å²) in [5.74, 6) is 0.689. The molecule has 0 bridgehead atoms. The zero-order chi connectivity index (χ0) is 19.9. The summed E-state index contributed by atoms with van der Waals surface area (Å²) in [7, 11) is 0. The molecule has 0 saturated carbocycles. The fourth-order valence-electron chi connectivity index (χ4n) is 2.40. The van der Waals surface area contributed by atoms with E-state index in [4.69, 9.17) is 11.6 Å². The Morgan fingerprint density at radius 1 is 1.37 bits per heavy atom. The smallest absolute Gasteiger partial charge is 0.308 e. The van der Waals surface area contributed by atoms with Gasteiger partial charge in [0, 0.05) is 31.3 Å². The zero-order valence-electron chi connectivity index (χ0n) is 14.7. The van der Waals surface area contributed by atoms with Crippen LogP contribution in [0.3, 0.4) is 0 Å². The van der Waals surface area contributed by atoms with Crippen LogP contribution in [-0.2, 0) is 4.79 Å². The zero-order valence-corrected chi connectivity index (χ0v) is 16.3. The molecule has 0 aliphatic carbocycles. The first-order chi connectivity index (χ1) is 12.8. The highest BCUT2D eigenvalue weighted by molar-refractivity contribution is 7.99. The fourth-order valence-corrected chi connectivity index (χ4v) is 3.50. The van der Waals surface area contributed by atoms with Gasteiger partial charge in [0.15, 0.2) is 5.15 Å². The summed E-state index contributed by atoms with van der Waals surface area (Å²) in [6, 6.07) is 3.58. The molecule has 2 aromatic heterocycles. The highest BCUT2D eigenvalue weighted by Crippen LogP contribution is 2.27. The highest BCUT2D eigenvalue weighted by Gasteiger charge is 2.26. The van der Waals surface area contributed by atoms with Gasteiger partial charge in [0.2, 0.25) is 5.91 Å². The van der Waals surface area contributed by atoms with Crippen LogP contribution in [0.4, 0.5) is 18.9 Å². The molecule has 0 fully saturated rings. The lowest BCUT2D eigenvalue weighted by Crippen LogP contribution is -2.30. The third-order valence-corrected chi connectivity index (χ3v) is 5.02. The molecule has 2 rings (SSSR count). The molecule has 2 aromatic rings. The molecule has 0 aliphatic heterocycles. The van der Waals surface area contributed by atoms with Crippen LogP contribution >= 0.6 is 23.4 Å². The molecule has 10 heteroatoms. The van der Waals surface area contributed by atoms with Gasteiger partial charge in [-0.3, -0.25) is 9.78 Å². The van der Waals surface area contributed by atoms with E-state index in [0.29, 0.717) is 23.7 Å². The highest BCUT2D eigenvalue weighted by atomic mass is 35.5. The van der Waals surface area contributed by atoms with Crippen molar-refractivity contribution in [1.29, 1.82) is 0 Å². The molecule has 0 radical (unpaired) electrons. The van der Waals surface area contributed by atoms with Crippen LogP contribution in [0, 0.1) is 0 Å². The summed E-state index contributed by atoms with van der Waals surface area (Å²) in [6.07, 6.45) is 0.297. The molecule has 2 heterocycles. The maximum absolute atomic E-state index is 12.5. The molecule has 0 aromatic carbocycles. The van der Waals surface area contributed by atoms with E-state index in [9.17, 15) is 18.0 Å². The molecular formula is C17H20ClF3N4OS. The maximum Gasteiger partial charge on any atom is 0.389 e. The van der Waals surface area contributed by atoms with Crippen LogP contribution in [0.2, 0.25) is 5.15 Å². The number of anilines is 1. The van der Waals surface area contributed by atoms with Crippen LogP contribution < -0.4 is 4.90 Å². The quantitative estimate of drug-likeness (QED) is 0.550. The van der Waals surface area contributed by atoms with Crippen LogP contribution in [0.15, 0.2) is 30.7 Å². The van der Waals surface area contributed by atoms with E-state index in [-0.39, 0.29) is 23.9 Å². The Balaban J connectivity index is 1.90. The van der Waals surface area contributed by atoms with Gasteiger partial charge in [-0.2, -0.15) is 30.0 Å². The molecule has 0 spiro atoms. The topological polar surface area (TPSA) is 51.0 Å². The normalized spacial score (nSPS) is 11.6. The van der Waals surface area contributed by atoms with E-state index < -0.39 is 12.6 Å². The predicted molar refractivity (Wildman–Crippen MR) is 102 cm³/mol. The average molecular weight is 421 g/mol. The number of nitrogens with zero attached hydrogens (tertiary/aromatic N) is 4. The molecule has 0 atom stereocenters. The van der Waals surface area contributed by atoms with Gasteiger partial charge in [0.05, 0.1) is 18.1 Å². The van der Waals surface area contributed by atoms with Gasteiger partial charge in [0.25, 0.3) is 0 Å². The number of hydrogen-bond donors (Lipinski definition) is 0.